The molecular weight excluding hydrogens is 1130 g/mol. The molecule has 0 radical (unpaired) electrons. The van der Waals surface area contributed by atoms with Gasteiger partial charge in [-0.15, -0.1) is 0 Å². The quantitative estimate of drug-likeness (QED) is 0.0211. The van der Waals surface area contributed by atoms with E-state index in [-0.39, 0.29) is 32.0 Å². The number of quaternary nitrogens is 1. The third kappa shape index (κ3) is 73.5. The molecule has 0 saturated carbocycles. The number of hydrogen-bond acceptors (Lipinski definition) is 7. The first-order valence-corrected chi connectivity index (χ1v) is 38.8. The number of carbonyl (C=O) groups excluding carboxylic acids is 2. The fourth-order valence-corrected chi connectivity index (χ4v) is 11.1. The summed E-state index contributed by atoms with van der Waals surface area (Å²) in [6, 6.07) is 0. The van der Waals surface area contributed by atoms with Crippen molar-refractivity contribution in [3.63, 3.8) is 0 Å². The fraction of sp³-hybridized carbons (Fsp3) is 0.725. The molecule has 0 aliphatic heterocycles. The Morgan fingerprint density at radius 3 is 0.944 bits per heavy atom. The lowest BCUT2D eigenvalue weighted by Gasteiger charge is -2.24. The van der Waals surface area contributed by atoms with Crippen LogP contribution >= 0.6 is 7.82 Å². The van der Waals surface area contributed by atoms with Crippen LogP contribution in [0.1, 0.15) is 322 Å². The predicted octanol–water partition coefficient (Wildman–Crippen LogP) is 24.6. The first-order valence-electron chi connectivity index (χ1n) is 37.3. The molecule has 0 aliphatic carbocycles. The molecule has 0 aromatic heterocycles. The van der Waals surface area contributed by atoms with Gasteiger partial charge in [-0.25, -0.2) is 4.57 Å². The maximum absolute atomic E-state index is 12.9. The minimum Gasteiger partial charge on any atom is -0.462 e. The molecule has 0 amide bonds. The van der Waals surface area contributed by atoms with E-state index in [1.807, 2.05) is 21.1 Å². The van der Waals surface area contributed by atoms with E-state index in [4.69, 9.17) is 18.5 Å². The van der Waals surface area contributed by atoms with Crippen LogP contribution in [0.4, 0.5) is 0 Å². The minimum atomic E-state index is -4.40. The second-order valence-electron chi connectivity index (χ2n) is 26.0. The molecule has 2 atom stereocenters. The Morgan fingerprint density at radius 1 is 0.356 bits per heavy atom. The van der Waals surface area contributed by atoms with E-state index in [0.29, 0.717) is 17.4 Å². The van der Waals surface area contributed by atoms with E-state index >= 15 is 0 Å². The van der Waals surface area contributed by atoms with Crippen molar-refractivity contribution in [3.8, 4) is 0 Å². The van der Waals surface area contributed by atoms with E-state index in [0.717, 1.165) is 109 Å². The summed E-state index contributed by atoms with van der Waals surface area (Å²) in [5.74, 6) is -0.800. The number of unbranched alkanes of at least 4 members (excludes halogenated alkanes) is 34. The summed E-state index contributed by atoms with van der Waals surface area (Å²) in [5.41, 5.74) is 0. The molecule has 0 spiro atoms. The van der Waals surface area contributed by atoms with Crippen molar-refractivity contribution in [1.29, 1.82) is 0 Å². The normalized spacial score (nSPS) is 13.8. The number of carbonyl (C=O) groups is 2. The summed E-state index contributed by atoms with van der Waals surface area (Å²) in [4.78, 5) is 35.9. The summed E-state index contributed by atoms with van der Waals surface area (Å²) in [5, 5.41) is 0. The number of esters is 2. The third-order valence-corrected chi connectivity index (χ3v) is 17.0. The van der Waals surface area contributed by atoms with E-state index < -0.39 is 26.5 Å². The van der Waals surface area contributed by atoms with Gasteiger partial charge in [0.1, 0.15) is 19.8 Å². The molecular formula is C80H141NO8P+. The molecule has 0 bridgehead atoms. The van der Waals surface area contributed by atoms with E-state index in [1.165, 1.54) is 180 Å². The lowest BCUT2D eigenvalue weighted by molar-refractivity contribution is -0.870. The second-order valence-corrected chi connectivity index (χ2v) is 27.4. The zero-order chi connectivity index (χ0) is 65.5. The number of hydrogen-bond donors (Lipinski definition) is 1. The van der Waals surface area contributed by atoms with Gasteiger partial charge in [0, 0.05) is 12.8 Å². The molecule has 10 heteroatoms. The second kappa shape index (κ2) is 69.7. The van der Waals surface area contributed by atoms with Crippen LogP contribution in [0.25, 0.3) is 0 Å². The van der Waals surface area contributed by atoms with Crippen LogP contribution in [-0.4, -0.2) is 74.9 Å². The monoisotopic (exact) mass is 1280 g/mol. The zero-order valence-corrected chi connectivity index (χ0v) is 60.0. The van der Waals surface area contributed by atoms with Gasteiger partial charge in [-0.3, -0.25) is 18.6 Å². The van der Waals surface area contributed by atoms with Crippen LogP contribution in [0.2, 0.25) is 0 Å². The number of phosphoric ester groups is 1. The maximum Gasteiger partial charge on any atom is 0.472 e. The Kier molecular flexibility index (Phi) is 67.0. The van der Waals surface area contributed by atoms with Gasteiger partial charge in [0.15, 0.2) is 6.10 Å². The van der Waals surface area contributed by atoms with Crippen LogP contribution < -0.4 is 0 Å². The number of allylic oxidation sites excluding steroid dienone is 20. The molecule has 0 aliphatic rings. The molecule has 0 aromatic carbocycles. The molecule has 1 N–H and O–H groups in total. The molecule has 0 rings (SSSR count). The van der Waals surface area contributed by atoms with E-state index in [9.17, 15) is 19.0 Å². The highest BCUT2D eigenvalue weighted by Gasteiger charge is 2.27. The highest BCUT2D eigenvalue weighted by Crippen LogP contribution is 2.43. The van der Waals surface area contributed by atoms with Crippen molar-refractivity contribution in [1.82, 2.24) is 0 Å². The van der Waals surface area contributed by atoms with Gasteiger partial charge in [-0.1, -0.05) is 341 Å². The average molecular weight is 1280 g/mol. The molecule has 90 heavy (non-hydrogen) atoms. The molecule has 518 valence electrons. The summed E-state index contributed by atoms with van der Waals surface area (Å²) < 4.78 is 34.8. The minimum absolute atomic E-state index is 0.0263. The van der Waals surface area contributed by atoms with Crippen LogP contribution in [-0.2, 0) is 32.7 Å². The highest BCUT2D eigenvalue weighted by molar-refractivity contribution is 7.47. The van der Waals surface area contributed by atoms with Crippen molar-refractivity contribution in [2.75, 3.05) is 47.5 Å². The number of ether oxygens (including phenoxy) is 2. The Balaban J connectivity index is 4.08. The molecule has 0 saturated heterocycles. The number of nitrogens with zero attached hydrogens (tertiary/aromatic N) is 1. The SMILES string of the molecule is CC/C=C\C/C=C\C/C=C\C/C=C\C/C=C\C/C=C\C/C=C\C/C=C\C/C=C\C/C=C\CCCCCCCCCCC(=O)OC(COC(=O)CCCCCCCCCCCCCCCCCCCCCCCCCCCCC)COP(=O)(O)OCC[N+](C)(C)C. The topological polar surface area (TPSA) is 108 Å². The standard InChI is InChI=1S/C80H140NO8P/c1-6-8-10-12-14-16-18-20-22-24-26-28-30-32-34-35-36-37-38-39-40-41-42-43-44-45-47-49-51-53-55-57-59-61-63-65-67-69-71-73-80(83)89-78(77-88-90(84,85)87-75-74-81(3,4)5)76-86-79(82)72-70-68-66-64-62-60-58-56-54-52-50-48-46-33-31-29-27-25-23-21-19-17-15-13-11-9-7-2/h8,10,14,16,20,22,26,28,32,34,36-37,39-40,42-43,45,47,51,53,78H,6-7,9,11-13,15,17-19,21,23-25,27,29-31,33,35,38,41,44,46,48-50,52,54-77H2,1-5H3/p+1/b10-8-,16-14-,22-20-,28-26-,34-32-,37-36-,40-39-,43-42-,47-45-,53-51-. The number of rotatable bonds is 68. The Labute approximate surface area is 556 Å². The van der Waals surface area contributed by atoms with E-state index in [2.05, 4.69) is 135 Å². The van der Waals surface area contributed by atoms with Crippen molar-refractivity contribution in [2.45, 2.75) is 328 Å². The zero-order valence-electron chi connectivity index (χ0n) is 59.1. The molecule has 9 nitrogen and oxygen atoms in total. The lowest BCUT2D eigenvalue weighted by atomic mass is 10.0. The van der Waals surface area contributed by atoms with Gasteiger partial charge in [-0.2, -0.15) is 0 Å². The van der Waals surface area contributed by atoms with Crippen molar-refractivity contribution in [2.24, 2.45) is 0 Å². The maximum atomic E-state index is 12.9. The Hall–Kier alpha value is -3.59. The molecule has 0 heterocycles. The van der Waals surface area contributed by atoms with Crippen molar-refractivity contribution < 1.29 is 42.1 Å². The van der Waals surface area contributed by atoms with Gasteiger partial charge >= 0.3 is 19.8 Å². The predicted molar refractivity (Wildman–Crippen MR) is 390 cm³/mol. The van der Waals surface area contributed by atoms with Gasteiger partial charge in [0.2, 0.25) is 0 Å². The first kappa shape index (κ1) is 86.4. The van der Waals surface area contributed by atoms with Crippen LogP contribution in [0, 0.1) is 0 Å². The van der Waals surface area contributed by atoms with Crippen molar-refractivity contribution >= 4 is 19.8 Å². The average Bonchev–Trinajstić information content (AvgIpc) is 3.58. The number of likely N-dealkylation sites (N-methyl/N-ethyl adjacent to an activating group) is 1. The lowest BCUT2D eigenvalue weighted by Crippen LogP contribution is -2.37. The van der Waals surface area contributed by atoms with Crippen LogP contribution in [0.15, 0.2) is 122 Å². The fourth-order valence-electron chi connectivity index (χ4n) is 10.3. The summed E-state index contributed by atoms with van der Waals surface area (Å²) >= 11 is 0. The Morgan fingerprint density at radius 2 is 0.633 bits per heavy atom. The summed E-state index contributed by atoms with van der Waals surface area (Å²) in [6.45, 7) is 4.35. The molecule has 2 unspecified atom stereocenters. The van der Waals surface area contributed by atoms with Gasteiger partial charge in [0.05, 0.1) is 27.7 Å². The van der Waals surface area contributed by atoms with Gasteiger partial charge in [0.25, 0.3) is 0 Å². The largest absolute Gasteiger partial charge is 0.472 e. The molecule has 0 aromatic rings. The number of phosphoric acid groups is 1. The van der Waals surface area contributed by atoms with Gasteiger partial charge in [-0.05, 0) is 89.9 Å². The van der Waals surface area contributed by atoms with Crippen molar-refractivity contribution in [3.05, 3.63) is 122 Å². The third-order valence-electron chi connectivity index (χ3n) is 16.0. The highest BCUT2D eigenvalue weighted by atomic mass is 31.2. The van der Waals surface area contributed by atoms with Gasteiger partial charge < -0.3 is 18.9 Å². The first-order chi connectivity index (χ1) is 44.0. The van der Waals surface area contributed by atoms with Crippen LogP contribution in [0.3, 0.4) is 0 Å². The van der Waals surface area contributed by atoms with E-state index in [1.54, 1.807) is 0 Å². The van der Waals surface area contributed by atoms with Crippen LogP contribution in [0.5, 0.6) is 0 Å². The Bertz CT molecular complexity index is 1940. The summed E-state index contributed by atoms with van der Waals surface area (Å²) in [7, 11) is 1.47. The smallest absolute Gasteiger partial charge is 0.462 e. The summed E-state index contributed by atoms with van der Waals surface area (Å²) in [6.07, 6.45) is 100. The molecule has 0 fully saturated rings.